The number of aromatic nitrogens is 2. The van der Waals surface area contributed by atoms with Crippen LogP contribution in [0.2, 0.25) is 5.15 Å². The van der Waals surface area contributed by atoms with Crippen LogP contribution in [0.1, 0.15) is 18.9 Å². The molecule has 2 rings (SSSR count). The first kappa shape index (κ1) is 13.9. The van der Waals surface area contributed by atoms with Crippen LogP contribution >= 0.6 is 11.6 Å². The fourth-order valence-electron chi connectivity index (χ4n) is 2.25. The number of carbonyl (C=O) groups excluding carboxylic acids is 1. The second kappa shape index (κ2) is 6.06. The molecule has 0 aromatic carbocycles. The lowest BCUT2D eigenvalue weighted by molar-refractivity contribution is 0.167. The number of nitrogens with one attached hydrogen (secondary N) is 1. The van der Waals surface area contributed by atoms with E-state index in [1.54, 1.807) is 0 Å². The summed E-state index contributed by atoms with van der Waals surface area (Å²) in [6.07, 6.45) is 2.71. The third-order valence-electron chi connectivity index (χ3n) is 3.22. The number of halogens is 1. The molecule has 1 N–H and O–H groups in total. The molecule has 1 aliphatic heterocycles. The molecular formula is C12H17ClN4O2. The summed E-state index contributed by atoms with van der Waals surface area (Å²) in [6, 6.07) is 0.0749. The first-order valence-corrected chi connectivity index (χ1v) is 6.62. The third kappa shape index (κ3) is 3.07. The van der Waals surface area contributed by atoms with Crippen molar-refractivity contribution in [3.8, 4) is 0 Å². The van der Waals surface area contributed by atoms with Gasteiger partial charge in [0, 0.05) is 18.7 Å². The highest BCUT2D eigenvalue weighted by molar-refractivity contribution is 6.30. The molecule has 1 aliphatic rings. The highest BCUT2D eigenvalue weighted by atomic mass is 35.5. The van der Waals surface area contributed by atoms with Gasteiger partial charge in [-0.25, -0.2) is 14.8 Å². The maximum absolute atomic E-state index is 11.2. The van der Waals surface area contributed by atoms with Gasteiger partial charge in [0.25, 0.3) is 0 Å². The molecule has 1 unspecified atom stereocenters. The van der Waals surface area contributed by atoms with Gasteiger partial charge in [0.15, 0.2) is 0 Å². The smallest absolute Gasteiger partial charge is 0.407 e. The number of rotatable bonds is 3. The minimum atomic E-state index is -0.400. The van der Waals surface area contributed by atoms with Crippen molar-refractivity contribution in [2.45, 2.75) is 25.8 Å². The molecule has 0 radical (unpaired) electrons. The summed E-state index contributed by atoms with van der Waals surface area (Å²) in [4.78, 5) is 21.6. The van der Waals surface area contributed by atoms with E-state index >= 15 is 0 Å². The summed E-state index contributed by atoms with van der Waals surface area (Å²) >= 11 is 6.08. The monoisotopic (exact) mass is 284 g/mol. The predicted octanol–water partition coefficient (Wildman–Crippen LogP) is 1.63. The number of ether oxygens (including phenoxy) is 1. The van der Waals surface area contributed by atoms with Gasteiger partial charge < -0.3 is 15.0 Å². The first-order valence-electron chi connectivity index (χ1n) is 6.24. The molecule has 0 spiro atoms. The van der Waals surface area contributed by atoms with Gasteiger partial charge in [0.2, 0.25) is 0 Å². The van der Waals surface area contributed by atoms with Gasteiger partial charge in [-0.2, -0.15) is 0 Å². The molecule has 7 heteroatoms. The summed E-state index contributed by atoms with van der Waals surface area (Å²) in [6.45, 7) is 3.55. The third-order valence-corrected chi connectivity index (χ3v) is 3.54. The number of nitrogens with zero attached hydrogens (tertiary/aromatic N) is 3. The predicted molar refractivity (Wildman–Crippen MR) is 72.6 cm³/mol. The molecule has 1 aromatic heterocycles. The standard InChI is InChI=1S/C12H17ClN4O2/c1-3-9-10(13)14-7-15-11(9)17-5-4-8(6-17)16-12(18)19-2/h7-8H,3-6H2,1-2H3,(H,16,18). The van der Waals surface area contributed by atoms with Crippen LogP contribution in [0, 0.1) is 0 Å². The van der Waals surface area contributed by atoms with Crippen molar-refractivity contribution in [3.63, 3.8) is 0 Å². The van der Waals surface area contributed by atoms with Gasteiger partial charge in [-0.1, -0.05) is 18.5 Å². The van der Waals surface area contributed by atoms with E-state index in [0.29, 0.717) is 11.7 Å². The zero-order chi connectivity index (χ0) is 13.8. The lowest BCUT2D eigenvalue weighted by Gasteiger charge is -2.20. The molecule has 1 atom stereocenters. The van der Waals surface area contributed by atoms with Crippen molar-refractivity contribution in [2.75, 3.05) is 25.1 Å². The molecule has 1 aromatic rings. The van der Waals surface area contributed by atoms with Crippen LogP contribution in [0.15, 0.2) is 6.33 Å². The Kier molecular flexibility index (Phi) is 4.42. The molecule has 2 heterocycles. The minimum Gasteiger partial charge on any atom is -0.453 e. The summed E-state index contributed by atoms with van der Waals surface area (Å²) < 4.78 is 4.60. The Hall–Kier alpha value is -1.56. The highest BCUT2D eigenvalue weighted by Crippen LogP contribution is 2.26. The van der Waals surface area contributed by atoms with Crippen LogP contribution in [-0.2, 0) is 11.2 Å². The number of hydrogen-bond acceptors (Lipinski definition) is 5. The van der Waals surface area contributed by atoms with Crippen LogP contribution in [0.5, 0.6) is 0 Å². The molecule has 1 saturated heterocycles. The van der Waals surface area contributed by atoms with Crippen molar-refractivity contribution in [1.82, 2.24) is 15.3 Å². The topological polar surface area (TPSA) is 67.4 Å². The Morgan fingerprint density at radius 1 is 1.63 bits per heavy atom. The Morgan fingerprint density at radius 3 is 3.11 bits per heavy atom. The average molecular weight is 285 g/mol. The number of methoxy groups -OCH3 is 1. The van der Waals surface area contributed by atoms with Gasteiger partial charge in [-0.05, 0) is 12.8 Å². The van der Waals surface area contributed by atoms with Crippen molar-refractivity contribution in [3.05, 3.63) is 17.0 Å². The molecule has 104 valence electrons. The van der Waals surface area contributed by atoms with Gasteiger partial charge in [-0.15, -0.1) is 0 Å². The maximum atomic E-state index is 11.2. The molecule has 1 amide bonds. The Labute approximate surface area is 117 Å². The molecule has 0 aliphatic carbocycles. The molecule has 0 saturated carbocycles. The van der Waals surface area contributed by atoms with E-state index in [1.165, 1.54) is 13.4 Å². The van der Waals surface area contributed by atoms with E-state index in [4.69, 9.17) is 11.6 Å². The molecule has 19 heavy (non-hydrogen) atoms. The van der Waals surface area contributed by atoms with Crippen LogP contribution in [-0.4, -0.2) is 42.3 Å². The Morgan fingerprint density at radius 2 is 2.42 bits per heavy atom. The van der Waals surface area contributed by atoms with E-state index in [0.717, 1.165) is 30.8 Å². The molecule has 6 nitrogen and oxygen atoms in total. The van der Waals surface area contributed by atoms with E-state index in [9.17, 15) is 4.79 Å². The number of carbonyl (C=O) groups is 1. The van der Waals surface area contributed by atoms with Gasteiger partial charge in [-0.3, -0.25) is 0 Å². The quantitative estimate of drug-likeness (QED) is 0.855. The van der Waals surface area contributed by atoms with Gasteiger partial charge >= 0.3 is 6.09 Å². The fraction of sp³-hybridized carbons (Fsp3) is 0.583. The number of hydrogen-bond donors (Lipinski definition) is 1. The number of amides is 1. The second-order valence-corrected chi connectivity index (χ2v) is 4.75. The summed E-state index contributed by atoms with van der Waals surface area (Å²) in [5, 5.41) is 3.30. The van der Waals surface area contributed by atoms with Crippen LogP contribution in [0.3, 0.4) is 0 Å². The first-order chi connectivity index (χ1) is 9.15. The summed E-state index contributed by atoms with van der Waals surface area (Å²) in [5.74, 6) is 0.858. The normalized spacial score (nSPS) is 18.5. The van der Waals surface area contributed by atoms with E-state index in [1.807, 2.05) is 6.92 Å². The minimum absolute atomic E-state index is 0.0749. The summed E-state index contributed by atoms with van der Waals surface area (Å²) in [7, 11) is 1.36. The van der Waals surface area contributed by atoms with Crippen molar-refractivity contribution < 1.29 is 9.53 Å². The zero-order valence-corrected chi connectivity index (χ0v) is 11.8. The Balaban J connectivity index is 2.09. The van der Waals surface area contributed by atoms with Crippen molar-refractivity contribution in [2.24, 2.45) is 0 Å². The lowest BCUT2D eigenvalue weighted by Crippen LogP contribution is -2.37. The van der Waals surface area contributed by atoms with E-state index in [-0.39, 0.29) is 6.04 Å². The average Bonchev–Trinajstić information content (AvgIpc) is 2.86. The fourth-order valence-corrected chi connectivity index (χ4v) is 2.52. The van der Waals surface area contributed by atoms with Crippen LogP contribution < -0.4 is 10.2 Å². The van der Waals surface area contributed by atoms with E-state index < -0.39 is 6.09 Å². The number of alkyl carbamates (subject to hydrolysis) is 1. The SMILES string of the molecule is CCc1c(Cl)ncnc1N1CCC(NC(=O)OC)C1. The maximum Gasteiger partial charge on any atom is 0.407 e. The summed E-state index contributed by atoms with van der Waals surface area (Å²) in [5.41, 5.74) is 0.947. The molecular weight excluding hydrogens is 268 g/mol. The second-order valence-electron chi connectivity index (χ2n) is 4.39. The van der Waals surface area contributed by atoms with Gasteiger partial charge in [0.1, 0.15) is 17.3 Å². The van der Waals surface area contributed by atoms with Crippen molar-refractivity contribution >= 4 is 23.5 Å². The molecule has 1 fully saturated rings. The van der Waals surface area contributed by atoms with Crippen LogP contribution in [0.4, 0.5) is 10.6 Å². The Bertz CT molecular complexity index is 469. The van der Waals surface area contributed by atoms with Crippen molar-refractivity contribution in [1.29, 1.82) is 0 Å². The zero-order valence-electron chi connectivity index (χ0n) is 11.0. The largest absolute Gasteiger partial charge is 0.453 e. The van der Waals surface area contributed by atoms with Gasteiger partial charge in [0.05, 0.1) is 13.2 Å². The van der Waals surface area contributed by atoms with E-state index in [2.05, 4.69) is 24.9 Å². The van der Waals surface area contributed by atoms with Crippen LogP contribution in [0.25, 0.3) is 0 Å². The highest BCUT2D eigenvalue weighted by Gasteiger charge is 2.27. The number of anilines is 1. The lowest BCUT2D eigenvalue weighted by atomic mass is 10.2. The molecule has 0 bridgehead atoms.